The van der Waals surface area contributed by atoms with Crippen LogP contribution in [-0.4, -0.2) is 28.8 Å². The topological polar surface area (TPSA) is 78.8 Å². The smallest absolute Gasteiger partial charge is 0.247 e. The minimum absolute atomic E-state index is 0.0757. The third-order valence-corrected chi connectivity index (χ3v) is 7.09. The van der Waals surface area contributed by atoms with Crippen molar-refractivity contribution in [3.05, 3.63) is 35.9 Å². The Bertz CT molecular complexity index is 757. The second-order valence-corrected chi connectivity index (χ2v) is 9.10. The van der Waals surface area contributed by atoms with Gasteiger partial charge in [0.1, 0.15) is 0 Å². The highest BCUT2D eigenvalue weighted by atomic mass is 16.5. The third kappa shape index (κ3) is 4.04. The van der Waals surface area contributed by atoms with Gasteiger partial charge in [0.2, 0.25) is 5.91 Å². The fraction of sp³-hybridized carbons (Fsp3) is 0.609. The molecular formula is C23H33NO4. The number of benzene rings is 1. The largest absolute Gasteiger partial charge is 0.504 e. The summed E-state index contributed by atoms with van der Waals surface area (Å²) < 4.78 is 5.11. The van der Waals surface area contributed by atoms with Crippen LogP contribution in [-0.2, 0) is 11.3 Å². The van der Waals surface area contributed by atoms with Crippen LogP contribution in [0.25, 0.3) is 0 Å². The zero-order valence-electron chi connectivity index (χ0n) is 17.3. The fourth-order valence-electron chi connectivity index (χ4n) is 5.32. The average Bonchev–Trinajstić information content (AvgIpc) is 2.66. The van der Waals surface area contributed by atoms with Gasteiger partial charge in [-0.1, -0.05) is 26.0 Å². The second kappa shape index (κ2) is 7.78. The molecule has 0 aromatic heterocycles. The molecular weight excluding hydrogens is 354 g/mol. The van der Waals surface area contributed by atoms with Gasteiger partial charge in [-0.2, -0.15) is 0 Å². The van der Waals surface area contributed by atoms with Crippen LogP contribution in [0.2, 0.25) is 0 Å². The molecule has 3 rings (SSSR count). The lowest BCUT2D eigenvalue weighted by molar-refractivity contribution is -0.126. The van der Waals surface area contributed by atoms with E-state index in [0.29, 0.717) is 17.9 Å². The first-order valence-corrected chi connectivity index (χ1v) is 10.2. The molecule has 3 N–H and O–H groups in total. The molecule has 1 aromatic rings. The maximum atomic E-state index is 12.7. The van der Waals surface area contributed by atoms with E-state index in [9.17, 15) is 15.0 Å². The normalized spacial score (nSPS) is 32.3. The van der Waals surface area contributed by atoms with E-state index in [1.54, 1.807) is 18.2 Å². The van der Waals surface area contributed by atoms with Gasteiger partial charge in [-0.15, -0.1) is 0 Å². The van der Waals surface area contributed by atoms with Crippen LogP contribution < -0.4 is 10.1 Å². The quantitative estimate of drug-likeness (QED) is 0.669. The van der Waals surface area contributed by atoms with Crippen molar-refractivity contribution in [1.29, 1.82) is 0 Å². The van der Waals surface area contributed by atoms with Crippen molar-refractivity contribution in [2.45, 2.75) is 64.5 Å². The number of amides is 1. The molecule has 2 aliphatic carbocycles. The van der Waals surface area contributed by atoms with E-state index in [1.165, 1.54) is 7.11 Å². The minimum atomic E-state index is -0.662. The Kier molecular flexibility index (Phi) is 5.76. The lowest BCUT2D eigenvalue weighted by Gasteiger charge is -2.54. The van der Waals surface area contributed by atoms with Crippen LogP contribution in [0.15, 0.2) is 30.4 Å². The van der Waals surface area contributed by atoms with Gasteiger partial charge >= 0.3 is 0 Å². The number of hydrogen-bond acceptors (Lipinski definition) is 4. The first-order valence-electron chi connectivity index (χ1n) is 10.2. The first-order chi connectivity index (χ1) is 13.2. The molecule has 1 amide bonds. The Hall–Kier alpha value is -2.01. The van der Waals surface area contributed by atoms with Gasteiger partial charge in [0, 0.05) is 12.1 Å². The van der Waals surface area contributed by atoms with E-state index < -0.39 is 5.60 Å². The number of rotatable bonds is 5. The molecule has 0 bridgehead atoms. The molecule has 2 aliphatic rings. The summed E-state index contributed by atoms with van der Waals surface area (Å²) in [5.74, 6) is 0.634. The monoisotopic (exact) mass is 387 g/mol. The lowest BCUT2D eigenvalue weighted by atomic mass is 9.53. The molecule has 2 saturated carbocycles. The predicted molar refractivity (Wildman–Crippen MR) is 109 cm³/mol. The van der Waals surface area contributed by atoms with Gasteiger partial charge in [-0.25, -0.2) is 0 Å². The summed E-state index contributed by atoms with van der Waals surface area (Å²) in [6.45, 7) is 8.69. The Morgan fingerprint density at radius 1 is 1.32 bits per heavy atom. The van der Waals surface area contributed by atoms with E-state index in [1.807, 2.05) is 6.92 Å². The number of phenolic OH excluding ortho intramolecular Hbond substituents is 1. The molecule has 0 unspecified atom stereocenters. The van der Waals surface area contributed by atoms with Gasteiger partial charge in [0.15, 0.2) is 11.5 Å². The van der Waals surface area contributed by atoms with Crippen molar-refractivity contribution >= 4 is 5.91 Å². The summed E-state index contributed by atoms with van der Waals surface area (Å²) >= 11 is 0. The van der Waals surface area contributed by atoms with Gasteiger partial charge in [0.05, 0.1) is 12.7 Å². The van der Waals surface area contributed by atoms with E-state index in [0.717, 1.165) is 44.1 Å². The SMILES string of the molecule is C=C(C(=O)NCc1ccc(O)c(OC)c1)[C@@H]1CC[C@@]2(C)CCC[C@@](C)(O)[C@@H]2C1. The first kappa shape index (κ1) is 20.7. The van der Waals surface area contributed by atoms with Crippen LogP contribution in [0.3, 0.4) is 0 Å². The highest BCUT2D eigenvalue weighted by Crippen LogP contribution is 2.56. The zero-order valence-corrected chi connectivity index (χ0v) is 17.3. The van der Waals surface area contributed by atoms with Crippen molar-refractivity contribution in [1.82, 2.24) is 5.32 Å². The molecule has 2 fully saturated rings. The summed E-state index contributed by atoms with van der Waals surface area (Å²) in [5, 5.41) is 23.5. The number of aromatic hydroxyl groups is 1. The molecule has 28 heavy (non-hydrogen) atoms. The fourth-order valence-corrected chi connectivity index (χ4v) is 5.32. The van der Waals surface area contributed by atoms with Crippen molar-refractivity contribution < 1.29 is 19.7 Å². The van der Waals surface area contributed by atoms with Crippen molar-refractivity contribution in [3.63, 3.8) is 0 Å². The Morgan fingerprint density at radius 2 is 2.07 bits per heavy atom. The van der Waals surface area contributed by atoms with Crippen LogP contribution in [0.4, 0.5) is 0 Å². The minimum Gasteiger partial charge on any atom is -0.504 e. The maximum Gasteiger partial charge on any atom is 0.247 e. The predicted octanol–water partition coefficient (Wildman–Crippen LogP) is 3.93. The number of aliphatic hydroxyl groups is 1. The highest BCUT2D eigenvalue weighted by molar-refractivity contribution is 5.93. The molecule has 0 radical (unpaired) electrons. The van der Waals surface area contributed by atoms with E-state index in [-0.39, 0.29) is 28.9 Å². The number of nitrogens with one attached hydrogen (secondary N) is 1. The average molecular weight is 388 g/mol. The van der Waals surface area contributed by atoms with Gasteiger partial charge in [0.25, 0.3) is 0 Å². The number of carbonyl (C=O) groups is 1. The molecule has 5 nitrogen and oxygen atoms in total. The summed E-state index contributed by atoms with van der Waals surface area (Å²) in [6, 6.07) is 5.03. The Labute approximate surface area is 167 Å². The number of fused-ring (bicyclic) bond motifs is 1. The van der Waals surface area contributed by atoms with E-state index in [2.05, 4.69) is 18.8 Å². The number of carbonyl (C=O) groups excluding carboxylic acids is 1. The highest BCUT2D eigenvalue weighted by Gasteiger charge is 2.51. The molecule has 1 aromatic carbocycles. The molecule has 0 spiro atoms. The van der Waals surface area contributed by atoms with Gasteiger partial charge in [-0.3, -0.25) is 4.79 Å². The molecule has 154 valence electrons. The van der Waals surface area contributed by atoms with Crippen molar-refractivity contribution in [3.8, 4) is 11.5 Å². The molecule has 4 atom stereocenters. The van der Waals surface area contributed by atoms with Crippen LogP contribution in [0, 0.1) is 17.3 Å². The summed E-state index contributed by atoms with van der Waals surface area (Å²) in [4.78, 5) is 12.7. The second-order valence-electron chi connectivity index (χ2n) is 9.10. The summed E-state index contributed by atoms with van der Waals surface area (Å²) in [6.07, 6.45) is 5.86. The molecule has 0 saturated heterocycles. The summed E-state index contributed by atoms with van der Waals surface area (Å²) in [7, 11) is 1.50. The van der Waals surface area contributed by atoms with Crippen LogP contribution in [0.1, 0.15) is 57.9 Å². The standard InChI is InChI=1S/C23H33NO4/c1-15(21(26)24-14-16-6-7-18(25)19(12-16)28-4)17-8-11-22(2)9-5-10-23(3,27)20(22)13-17/h6-7,12,17,20,25,27H,1,5,8-11,13-14H2,2-4H3,(H,24,26)/t17-,20-,22-,23-/m1/s1. The van der Waals surface area contributed by atoms with Crippen molar-refractivity contribution in [2.24, 2.45) is 17.3 Å². The van der Waals surface area contributed by atoms with E-state index in [4.69, 9.17) is 4.74 Å². The van der Waals surface area contributed by atoms with Gasteiger partial charge < -0.3 is 20.3 Å². The number of hydrogen-bond donors (Lipinski definition) is 3. The Morgan fingerprint density at radius 3 is 2.79 bits per heavy atom. The molecule has 0 heterocycles. The molecule has 5 heteroatoms. The number of phenols is 1. The number of methoxy groups -OCH3 is 1. The van der Waals surface area contributed by atoms with Crippen molar-refractivity contribution in [2.75, 3.05) is 7.11 Å². The number of ether oxygens (including phenoxy) is 1. The zero-order chi connectivity index (χ0) is 20.5. The maximum absolute atomic E-state index is 12.7. The van der Waals surface area contributed by atoms with Crippen LogP contribution in [0.5, 0.6) is 11.5 Å². The molecule has 0 aliphatic heterocycles. The lowest BCUT2D eigenvalue weighted by Crippen LogP contribution is -2.51. The Balaban J connectivity index is 1.61. The van der Waals surface area contributed by atoms with E-state index >= 15 is 0 Å². The van der Waals surface area contributed by atoms with Crippen LogP contribution >= 0.6 is 0 Å². The van der Waals surface area contributed by atoms with Gasteiger partial charge in [-0.05, 0) is 74.0 Å². The summed E-state index contributed by atoms with van der Waals surface area (Å²) in [5.41, 5.74) is 0.958. The third-order valence-electron chi connectivity index (χ3n) is 7.09.